The van der Waals surface area contributed by atoms with Crippen molar-refractivity contribution in [1.82, 2.24) is 10.4 Å². The van der Waals surface area contributed by atoms with Crippen molar-refractivity contribution < 1.29 is 14.3 Å². The molecule has 106 valence electrons. The van der Waals surface area contributed by atoms with Gasteiger partial charge in [-0.05, 0) is 24.3 Å². The molecule has 1 amide bonds. The Balaban J connectivity index is 2.05. The van der Waals surface area contributed by atoms with Crippen molar-refractivity contribution in [3.8, 4) is 5.75 Å². The van der Waals surface area contributed by atoms with E-state index in [0.717, 1.165) is 0 Å². The number of nitrogens with one attached hydrogen (secondary N) is 1. The van der Waals surface area contributed by atoms with E-state index in [4.69, 9.17) is 4.74 Å². The number of amides is 1. The van der Waals surface area contributed by atoms with Gasteiger partial charge in [0.05, 0.1) is 11.8 Å². The molecule has 0 radical (unpaired) electrons. The van der Waals surface area contributed by atoms with Crippen LogP contribution in [0.15, 0.2) is 53.9 Å². The predicted molar refractivity (Wildman–Crippen MR) is 77.0 cm³/mol. The van der Waals surface area contributed by atoms with Crippen molar-refractivity contribution in [2.45, 2.75) is 6.92 Å². The lowest BCUT2D eigenvalue weighted by Crippen LogP contribution is -2.17. The average Bonchev–Trinajstić information content (AvgIpc) is 2.49. The van der Waals surface area contributed by atoms with Crippen LogP contribution in [-0.4, -0.2) is 23.1 Å². The van der Waals surface area contributed by atoms with E-state index < -0.39 is 5.97 Å². The summed E-state index contributed by atoms with van der Waals surface area (Å²) in [4.78, 5) is 26.6. The number of ether oxygens (including phenoxy) is 1. The third kappa shape index (κ3) is 4.24. The predicted octanol–water partition coefficient (Wildman–Crippen LogP) is 1.77. The summed E-state index contributed by atoms with van der Waals surface area (Å²) in [5.74, 6) is -0.413. The van der Waals surface area contributed by atoms with Gasteiger partial charge in [0.1, 0.15) is 5.75 Å². The standard InChI is InChI=1S/C15H13N3O3/c1-11(19)21-14-7-3-2-5-12(14)10-17-18-15(20)13-6-4-8-16-9-13/h2-10H,1H3,(H,18,20). The summed E-state index contributed by atoms with van der Waals surface area (Å²) in [5.41, 5.74) is 3.37. The Morgan fingerprint density at radius 3 is 2.76 bits per heavy atom. The second-order valence-corrected chi connectivity index (χ2v) is 4.07. The minimum absolute atomic E-state index is 0.371. The van der Waals surface area contributed by atoms with Gasteiger partial charge in [-0.1, -0.05) is 12.1 Å². The van der Waals surface area contributed by atoms with Crippen LogP contribution in [0, 0.1) is 0 Å². The zero-order chi connectivity index (χ0) is 15.1. The number of rotatable bonds is 4. The summed E-state index contributed by atoms with van der Waals surface area (Å²) in [5, 5.41) is 3.84. The van der Waals surface area contributed by atoms with Crippen molar-refractivity contribution >= 4 is 18.1 Å². The maximum atomic E-state index is 11.7. The molecule has 1 N–H and O–H groups in total. The van der Waals surface area contributed by atoms with Crippen molar-refractivity contribution in [1.29, 1.82) is 0 Å². The van der Waals surface area contributed by atoms with Gasteiger partial charge in [-0.3, -0.25) is 14.6 Å². The maximum absolute atomic E-state index is 11.7. The first-order valence-corrected chi connectivity index (χ1v) is 6.17. The van der Waals surface area contributed by atoms with Crippen LogP contribution in [0.1, 0.15) is 22.8 Å². The van der Waals surface area contributed by atoms with Crippen LogP contribution in [0.4, 0.5) is 0 Å². The Morgan fingerprint density at radius 1 is 1.24 bits per heavy atom. The Labute approximate surface area is 121 Å². The highest BCUT2D eigenvalue weighted by Crippen LogP contribution is 2.15. The molecule has 0 bridgehead atoms. The normalized spacial score (nSPS) is 10.3. The van der Waals surface area contributed by atoms with Gasteiger partial charge >= 0.3 is 5.97 Å². The highest BCUT2D eigenvalue weighted by atomic mass is 16.5. The lowest BCUT2D eigenvalue weighted by atomic mass is 10.2. The largest absolute Gasteiger partial charge is 0.426 e. The molecule has 0 saturated carbocycles. The number of benzene rings is 1. The fourth-order valence-electron chi connectivity index (χ4n) is 1.56. The molecule has 1 aromatic heterocycles. The molecule has 2 aromatic rings. The number of hydrogen-bond acceptors (Lipinski definition) is 5. The van der Waals surface area contributed by atoms with E-state index in [-0.39, 0.29) is 5.91 Å². The molecule has 1 heterocycles. The van der Waals surface area contributed by atoms with Crippen molar-refractivity contribution in [2.75, 3.05) is 0 Å². The van der Waals surface area contributed by atoms with Crippen LogP contribution < -0.4 is 10.2 Å². The SMILES string of the molecule is CC(=O)Oc1ccccc1C=NNC(=O)c1cccnc1. The van der Waals surface area contributed by atoms with Gasteiger partial charge in [0, 0.05) is 24.9 Å². The number of hydrogen-bond donors (Lipinski definition) is 1. The summed E-state index contributed by atoms with van der Waals surface area (Å²) < 4.78 is 5.03. The van der Waals surface area contributed by atoms with Gasteiger partial charge in [0.25, 0.3) is 5.91 Å². The van der Waals surface area contributed by atoms with Crippen LogP contribution in [-0.2, 0) is 4.79 Å². The zero-order valence-electron chi connectivity index (χ0n) is 11.3. The Morgan fingerprint density at radius 2 is 2.05 bits per heavy atom. The van der Waals surface area contributed by atoms with Gasteiger partial charge in [-0.25, -0.2) is 5.43 Å². The molecule has 0 unspecified atom stereocenters. The van der Waals surface area contributed by atoms with E-state index in [1.807, 2.05) is 0 Å². The third-order valence-corrected chi connectivity index (χ3v) is 2.47. The summed E-state index contributed by atoms with van der Waals surface area (Å²) in [6.45, 7) is 1.32. The highest BCUT2D eigenvalue weighted by Gasteiger charge is 2.05. The third-order valence-electron chi connectivity index (χ3n) is 2.47. The number of pyridine rings is 1. The molecule has 1 aromatic carbocycles. The molecule has 0 spiro atoms. The molecule has 0 saturated heterocycles. The second kappa shape index (κ2) is 6.95. The lowest BCUT2D eigenvalue weighted by molar-refractivity contribution is -0.131. The summed E-state index contributed by atoms with van der Waals surface area (Å²) in [6.07, 6.45) is 4.43. The number of nitrogens with zero attached hydrogens (tertiary/aromatic N) is 2. The first kappa shape index (κ1) is 14.4. The van der Waals surface area contributed by atoms with Crippen molar-refractivity contribution in [3.63, 3.8) is 0 Å². The molecule has 2 rings (SSSR count). The quantitative estimate of drug-likeness (QED) is 0.401. The van der Waals surface area contributed by atoms with E-state index >= 15 is 0 Å². The lowest BCUT2D eigenvalue weighted by Gasteiger charge is -2.04. The number of carbonyl (C=O) groups is 2. The molecule has 6 nitrogen and oxygen atoms in total. The zero-order valence-corrected chi connectivity index (χ0v) is 11.3. The second-order valence-electron chi connectivity index (χ2n) is 4.07. The minimum Gasteiger partial charge on any atom is -0.426 e. The molecular formula is C15H13N3O3. The van der Waals surface area contributed by atoms with Gasteiger partial charge in [0.15, 0.2) is 0 Å². The van der Waals surface area contributed by atoms with Crippen LogP contribution in [0.2, 0.25) is 0 Å². The van der Waals surface area contributed by atoms with Crippen LogP contribution >= 0.6 is 0 Å². The molecular weight excluding hydrogens is 270 g/mol. The first-order chi connectivity index (χ1) is 10.2. The number of aromatic nitrogens is 1. The number of carbonyl (C=O) groups excluding carboxylic acids is 2. The summed E-state index contributed by atoms with van der Waals surface area (Å²) >= 11 is 0. The van der Waals surface area contributed by atoms with Gasteiger partial charge < -0.3 is 4.74 Å². The summed E-state index contributed by atoms with van der Waals surface area (Å²) in [6, 6.07) is 10.2. The van der Waals surface area contributed by atoms with Gasteiger partial charge in [-0.15, -0.1) is 0 Å². The van der Waals surface area contributed by atoms with E-state index in [1.165, 1.54) is 19.3 Å². The van der Waals surface area contributed by atoms with E-state index in [9.17, 15) is 9.59 Å². The molecule has 0 aliphatic rings. The average molecular weight is 283 g/mol. The van der Waals surface area contributed by atoms with Crippen LogP contribution in [0.3, 0.4) is 0 Å². The fraction of sp³-hybridized carbons (Fsp3) is 0.0667. The van der Waals surface area contributed by atoms with Crippen LogP contribution in [0.5, 0.6) is 5.75 Å². The number of para-hydroxylation sites is 1. The molecule has 21 heavy (non-hydrogen) atoms. The fourth-order valence-corrected chi connectivity index (χ4v) is 1.56. The Bertz CT molecular complexity index is 669. The monoisotopic (exact) mass is 283 g/mol. The molecule has 0 aliphatic heterocycles. The maximum Gasteiger partial charge on any atom is 0.308 e. The van der Waals surface area contributed by atoms with Crippen molar-refractivity contribution in [2.24, 2.45) is 5.10 Å². The minimum atomic E-state index is -0.421. The smallest absolute Gasteiger partial charge is 0.308 e. The molecule has 0 fully saturated rings. The van der Waals surface area contributed by atoms with E-state index in [1.54, 1.807) is 42.6 Å². The summed E-state index contributed by atoms with van der Waals surface area (Å²) in [7, 11) is 0. The first-order valence-electron chi connectivity index (χ1n) is 6.17. The molecule has 0 atom stereocenters. The van der Waals surface area contributed by atoms with Gasteiger partial charge in [-0.2, -0.15) is 5.10 Å². The Kier molecular flexibility index (Phi) is 4.76. The number of esters is 1. The van der Waals surface area contributed by atoms with E-state index in [2.05, 4.69) is 15.5 Å². The van der Waals surface area contributed by atoms with Gasteiger partial charge in [0.2, 0.25) is 0 Å². The molecule has 0 aliphatic carbocycles. The van der Waals surface area contributed by atoms with Crippen LogP contribution in [0.25, 0.3) is 0 Å². The number of hydrazone groups is 1. The highest BCUT2D eigenvalue weighted by molar-refractivity contribution is 5.94. The topological polar surface area (TPSA) is 80.6 Å². The Hall–Kier alpha value is -3.02. The van der Waals surface area contributed by atoms with E-state index in [0.29, 0.717) is 16.9 Å². The van der Waals surface area contributed by atoms with Crippen molar-refractivity contribution in [3.05, 3.63) is 59.9 Å². The molecule has 6 heteroatoms.